The third kappa shape index (κ3) is 3.40. The molecule has 1 aromatic carbocycles. The lowest BCUT2D eigenvalue weighted by Gasteiger charge is -2.28. The van der Waals surface area contributed by atoms with E-state index in [1.807, 2.05) is 25.1 Å². The molecule has 0 aliphatic heterocycles. The summed E-state index contributed by atoms with van der Waals surface area (Å²) in [5, 5.41) is 11.9. The highest BCUT2D eigenvalue weighted by Gasteiger charge is 2.21. The fraction of sp³-hybridized carbons (Fsp3) is 0.533. The number of oxime groups is 1. The lowest BCUT2D eigenvalue weighted by atomic mass is 9.88. The highest BCUT2D eigenvalue weighted by atomic mass is 16.5. The number of amidine groups is 1. The molecule has 0 spiro atoms. The number of hydrogen-bond donors (Lipinski definition) is 2. The number of hydrogen-bond acceptors (Lipinski definition) is 3. The molecule has 104 valence electrons. The molecular formula is C15H22N2O2. The lowest BCUT2D eigenvalue weighted by molar-refractivity contribution is 0.129. The van der Waals surface area contributed by atoms with E-state index in [1.54, 1.807) is 0 Å². The average Bonchev–Trinajstić information content (AvgIpc) is 2.40. The zero-order valence-electron chi connectivity index (χ0n) is 11.6. The molecule has 3 N–H and O–H groups in total. The van der Waals surface area contributed by atoms with Gasteiger partial charge in [-0.1, -0.05) is 30.1 Å². The van der Waals surface area contributed by atoms with Crippen LogP contribution in [0.3, 0.4) is 0 Å². The third-order valence-corrected chi connectivity index (χ3v) is 3.70. The van der Waals surface area contributed by atoms with Crippen LogP contribution in [-0.2, 0) is 0 Å². The normalized spacial score (nSPS) is 24.2. The van der Waals surface area contributed by atoms with Crippen LogP contribution in [0.15, 0.2) is 23.4 Å². The van der Waals surface area contributed by atoms with Crippen molar-refractivity contribution in [1.29, 1.82) is 0 Å². The Bertz CT molecular complexity index is 471. The van der Waals surface area contributed by atoms with Crippen molar-refractivity contribution in [3.05, 3.63) is 29.3 Å². The maximum absolute atomic E-state index is 8.86. The van der Waals surface area contributed by atoms with E-state index in [4.69, 9.17) is 15.7 Å². The first-order valence-corrected chi connectivity index (χ1v) is 6.85. The largest absolute Gasteiger partial charge is 0.490 e. The van der Waals surface area contributed by atoms with Gasteiger partial charge in [-0.25, -0.2) is 0 Å². The fourth-order valence-corrected chi connectivity index (χ4v) is 2.67. The zero-order valence-corrected chi connectivity index (χ0v) is 11.6. The minimum absolute atomic E-state index is 0.0996. The maximum Gasteiger partial charge on any atom is 0.173 e. The molecule has 0 heterocycles. The molecule has 0 aromatic heterocycles. The van der Waals surface area contributed by atoms with Crippen LogP contribution in [0.1, 0.15) is 43.7 Å². The molecule has 1 aliphatic carbocycles. The summed E-state index contributed by atoms with van der Waals surface area (Å²) in [4.78, 5) is 0. The van der Waals surface area contributed by atoms with Gasteiger partial charge in [0.2, 0.25) is 0 Å². The topological polar surface area (TPSA) is 67.8 Å². The van der Waals surface area contributed by atoms with E-state index < -0.39 is 0 Å². The highest BCUT2D eigenvalue weighted by molar-refractivity contribution is 5.99. The van der Waals surface area contributed by atoms with E-state index in [1.165, 1.54) is 12.8 Å². The van der Waals surface area contributed by atoms with E-state index in [9.17, 15) is 0 Å². The predicted octanol–water partition coefficient (Wildman–Crippen LogP) is 3.05. The molecule has 2 rings (SSSR count). The van der Waals surface area contributed by atoms with Gasteiger partial charge >= 0.3 is 0 Å². The summed E-state index contributed by atoms with van der Waals surface area (Å²) in [7, 11) is 0. The molecular weight excluding hydrogens is 240 g/mol. The van der Waals surface area contributed by atoms with Gasteiger partial charge in [0, 0.05) is 0 Å². The summed E-state index contributed by atoms with van der Waals surface area (Å²) < 4.78 is 6.06. The Labute approximate surface area is 114 Å². The molecule has 0 radical (unpaired) electrons. The van der Waals surface area contributed by atoms with Crippen molar-refractivity contribution >= 4 is 5.84 Å². The van der Waals surface area contributed by atoms with Gasteiger partial charge < -0.3 is 15.7 Å². The minimum Gasteiger partial charge on any atom is -0.490 e. The minimum atomic E-state index is 0.0996. The van der Waals surface area contributed by atoms with E-state index >= 15 is 0 Å². The summed E-state index contributed by atoms with van der Waals surface area (Å²) in [5.41, 5.74) is 7.44. The van der Waals surface area contributed by atoms with Crippen LogP contribution < -0.4 is 10.5 Å². The molecule has 1 saturated carbocycles. The Kier molecular flexibility index (Phi) is 4.30. The predicted molar refractivity (Wildman–Crippen MR) is 75.7 cm³/mol. The summed E-state index contributed by atoms with van der Waals surface area (Å²) in [6.07, 6.45) is 4.87. The first-order valence-electron chi connectivity index (χ1n) is 6.85. The van der Waals surface area contributed by atoms with Crippen molar-refractivity contribution in [2.24, 2.45) is 16.8 Å². The number of aryl methyl sites for hydroxylation is 1. The fourth-order valence-electron chi connectivity index (χ4n) is 2.67. The Morgan fingerprint density at radius 3 is 2.89 bits per heavy atom. The number of benzene rings is 1. The molecule has 4 heteroatoms. The van der Waals surface area contributed by atoms with Crippen LogP contribution in [-0.4, -0.2) is 17.1 Å². The number of ether oxygens (including phenoxy) is 1. The second-order valence-corrected chi connectivity index (χ2v) is 5.50. The summed E-state index contributed by atoms with van der Waals surface area (Å²) >= 11 is 0. The number of nitrogens with zero attached hydrogens (tertiary/aromatic N) is 1. The third-order valence-electron chi connectivity index (χ3n) is 3.70. The van der Waals surface area contributed by atoms with Gasteiger partial charge in [-0.2, -0.15) is 0 Å². The monoisotopic (exact) mass is 262 g/mol. The van der Waals surface area contributed by atoms with Gasteiger partial charge in [0.05, 0.1) is 11.7 Å². The van der Waals surface area contributed by atoms with E-state index in [-0.39, 0.29) is 11.9 Å². The molecule has 0 bridgehead atoms. The van der Waals surface area contributed by atoms with E-state index in [0.29, 0.717) is 17.2 Å². The van der Waals surface area contributed by atoms with Crippen LogP contribution in [0.4, 0.5) is 0 Å². The molecule has 0 amide bonds. The van der Waals surface area contributed by atoms with Crippen molar-refractivity contribution in [3.63, 3.8) is 0 Å². The Hall–Kier alpha value is -1.71. The maximum atomic E-state index is 8.86. The van der Waals surface area contributed by atoms with Gasteiger partial charge in [0.25, 0.3) is 0 Å². The van der Waals surface area contributed by atoms with Crippen molar-refractivity contribution in [2.75, 3.05) is 0 Å². The van der Waals surface area contributed by atoms with Crippen LogP contribution in [0.25, 0.3) is 0 Å². The molecule has 1 fully saturated rings. The second-order valence-electron chi connectivity index (χ2n) is 5.50. The molecule has 0 saturated heterocycles. The van der Waals surface area contributed by atoms with E-state index in [0.717, 1.165) is 18.4 Å². The zero-order chi connectivity index (χ0) is 13.8. The first-order chi connectivity index (χ1) is 9.10. The molecule has 2 atom stereocenters. The van der Waals surface area contributed by atoms with Crippen LogP contribution in [0.5, 0.6) is 5.75 Å². The molecule has 4 nitrogen and oxygen atoms in total. The SMILES string of the molecule is Cc1ccc(OC2CCCC(C)C2)c(/C(N)=N/O)c1. The van der Waals surface area contributed by atoms with Crippen molar-refractivity contribution < 1.29 is 9.94 Å². The summed E-state index contributed by atoms with van der Waals surface area (Å²) in [6, 6.07) is 5.77. The van der Waals surface area contributed by atoms with Gasteiger partial charge in [-0.05, 0) is 44.2 Å². The molecule has 19 heavy (non-hydrogen) atoms. The molecule has 2 unspecified atom stereocenters. The smallest absolute Gasteiger partial charge is 0.173 e. The number of rotatable bonds is 3. The van der Waals surface area contributed by atoms with Crippen molar-refractivity contribution in [1.82, 2.24) is 0 Å². The second kappa shape index (κ2) is 5.95. The average molecular weight is 262 g/mol. The van der Waals surface area contributed by atoms with E-state index in [2.05, 4.69) is 12.1 Å². The molecule has 1 aromatic rings. The van der Waals surface area contributed by atoms with Crippen molar-refractivity contribution in [2.45, 2.75) is 45.6 Å². The Morgan fingerprint density at radius 2 is 2.21 bits per heavy atom. The Morgan fingerprint density at radius 1 is 1.42 bits per heavy atom. The van der Waals surface area contributed by atoms with Gasteiger partial charge in [0.1, 0.15) is 5.75 Å². The first kappa shape index (κ1) is 13.7. The van der Waals surface area contributed by atoms with Gasteiger partial charge in [0.15, 0.2) is 5.84 Å². The van der Waals surface area contributed by atoms with Crippen LogP contribution in [0.2, 0.25) is 0 Å². The van der Waals surface area contributed by atoms with Gasteiger partial charge in [-0.15, -0.1) is 0 Å². The molecule has 1 aliphatic rings. The summed E-state index contributed by atoms with van der Waals surface area (Å²) in [6.45, 7) is 4.23. The van der Waals surface area contributed by atoms with Crippen LogP contribution in [0, 0.1) is 12.8 Å². The van der Waals surface area contributed by atoms with Crippen molar-refractivity contribution in [3.8, 4) is 5.75 Å². The van der Waals surface area contributed by atoms with Crippen LogP contribution >= 0.6 is 0 Å². The quantitative estimate of drug-likeness (QED) is 0.381. The standard InChI is InChI=1S/C15H22N2O2/c1-10-4-3-5-12(8-10)19-14-7-6-11(2)9-13(14)15(16)17-18/h6-7,9-10,12,18H,3-5,8H2,1-2H3,(H2,16,17). The number of nitrogens with two attached hydrogens (primary N) is 1. The Balaban J connectivity index is 2.19. The summed E-state index contributed by atoms with van der Waals surface area (Å²) in [5.74, 6) is 1.51. The lowest BCUT2D eigenvalue weighted by Crippen LogP contribution is -2.25. The highest BCUT2D eigenvalue weighted by Crippen LogP contribution is 2.29. The van der Waals surface area contributed by atoms with Gasteiger partial charge in [-0.3, -0.25) is 0 Å².